The number of amides is 1. The summed E-state index contributed by atoms with van der Waals surface area (Å²) in [5.74, 6) is -0.350. The van der Waals surface area contributed by atoms with Gasteiger partial charge in [-0.3, -0.25) is 4.79 Å². The number of carbonyl (C=O) groups is 1. The first-order chi connectivity index (χ1) is 38.8. The molecule has 5 saturated heterocycles. The van der Waals surface area contributed by atoms with Crippen LogP contribution in [-0.4, -0.2) is 123 Å². The van der Waals surface area contributed by atoms with Crippen molar-refractivity contribution >= 4 is 5.91 Å². The van der Waals surface area contributed by atoms with E-state index in [2.05, 4.69) is 11.9 Å². The first-order valence-electron chi connectivity index (χ1n) is 27.8. The summed E-state index contributed by atoms with van der Waals surface area (Å²) in [6, 6.07) is 47.8. The quantitative estimate of drug-likeness (QED) is 0.0443. The molecule has 0 aromatic heterocycles. The minimum absolute atomic E-state index is 0.0391. The lowest BCUT2D eigenvalue weighted by Crippen LogP contribution is -2.70. The second-order valence-corrected chi connectivity index (χ2v) is 20.7. The minimum atomic E-state index is -1.42. The van der Waals surface area contributed by atoms with E-state index < -0.39 is 105 Å². The fourth-order valence-corrected chi connectivity index (χ4v) is 10.9. The molecule has 17 atom stereocenters. The maximum atomic E-state index is 13.4. The first-order valence-corrected chi connectivity index (χ1v) is 27.8. The van der Waals surface area contributed by atoms with E-state index in [0.29, 0.717) is 6.61 Å². The average Bonchev–Trinajstić information content (AvgIpc) is 3.66. The molecule has 5 fully saturated rings. The van der Waals surface area contributed by atoms with Crippen molar-refractivity contribution in [2.45, 2.75) is 170 Å². The van der Waals surface area contributed by atoms with Crippen LogP contribution in [0, 0.1) is 0 Å². The number of allylic oxidation sites excluding steroid dienone is 1. The fourth-order valence-electron chi connectivity index (χ4n) is 10.9. The van der Waals surface area contributed by atoms with Crippen LogP contribution < -0.4 is 5.32 Å². The van der Waals surface area contributed by atoms with Gasteiger partial charge in [-0.2, -0.15) is 0 Å². The molecule has 0 radical (unpaired) electrons. The van der Waals surface area contributed by atoms with Crippen molar-refractivity contribution in [3.05, 3.63) is 192 Å². The molecule has 79 heavy (non-hydrogen) atoms. The number of fused-ring (bicyclic) bond motifs is 2. The molecule has 2 N–H and O–H groups in total. The highest BCUT2D eigenvalue weighted by molar-refractivity contribution is 5.73. The van der Waals surface area contributed by atoms with Crippen LogP contribution in [0.3, 0.4) is 0 Å². The SMILES string of the molecule is C=CCCCCCCO[C@H]1O[C@@H]2COC(c3ccccc3)O[C@@H]2[C@H](O[C@@H]2O[C@@H]3COC(c4ccccc4)O[C@@H]3[C@H](O)[C@H]2O[C@@H]2O[C@@H](C)[C@@H](OCc3ccccc3)[C@@H](OCc3ccccc3)[C@@H]2OCc2ccccc2)[C@H]1NC(C)=O. The van der Waals surface area contributed by atoms with E-state index in [4.69, 9.17) is 61.6 Å². The van der Waals surface area contributed by atoms with Crippen LogP contribution in [0.4, 0.5) is 0 Å². The average molecular weight is 1090 g/mol. The highest BCUT2D eigenvalue weighted by Crippen LogP contribution is 2.42. The van der Waals surface area contributed by atoms with Crippen LogP contribution in [-0.2, 0) is 86.2 Å². The molecule has 0 aliphatic carbocycles. The molecule has 0 bridgehead atoms. The Morgan fingerprint density at radius 2 is 1.01 bits per heavy atom. The van der Waals surface area contributed by atoms with Gasteiger partial charge in [0, 0.05) is 24.7 Å². The van der Waals surface area contributed by atoms with Crippen LogP contribution in [0.1, 0.15) is 86.3 Å². The molecular weight excluding hydrogens is 1010 g/mol. The molecule has 0 spiro atoms. The molecule has 16 heteroatoms. The van der Waals surface area contributed by atoms with E-state index in [-0.39, 0.29) is 38.9 Å². The monoisotopic (exact) mass is 1090 g/mol. The van der Waals surface area contributed by atoms with Crippen LogP contribution in [0.5, 0.6) is 0 Å². The summed E-state index contributed by atoms with van der Waals surface area (Å²) in [7, 11) is 0. The summed E-state index contributed by atoms with van der Waals surface area (Å²) in [6.45, 7) is 8.37. The van der Waals surface area contributed by atoms with Gasteiger partial charge in [-0.05, 0) is 42.9 Å². The zero-order valence-electron chi connectivity index (χ0n) is 45.0. The zero-order valence-corrected chi connectivity index (χ0v) is 45.0. The maximum absolute atomic E-state index is 13.4. The lowest BCUT2D eigenvalue weighted by Gasteiger charge is -2.53. The molecule has 5 aliphatic rings. The molecule has 5 aliphatic heterocycles. The number of unbranched alkanes of at least 4 members (excludes halogenated alkanes) is 4. The molecule has 10 rings (SSSR count). The lowest BCUT2D eigenvalue weighted by molar-refractivity contribution is -0.414. The van der Waals surface area contributed by atoms with Crippen LogP contribution in [0.15, 0.2) is 164 Å². The van der Waals surface area contributed by atoms with Crippen LogP contribution in [0.2, 0.25) is 0 Å². The Bertz CT molecular complexity index is 2590. The van der Waals surface area contributed by atoms with Gasteiger partial charge in [0.25, 0.3) is 0 Å². The number of hydrogen-bond donors (Lipinski definition) is 2. The second-order valence-electron chi connectivity index (χ2n) is 20.7. The molecule has 1 amide bonds. The molecule has 422 valence electrons. The highest BCUT2D eigenvalue weighted by Gasteiger charge is 2.58. The number of nitrogens with one attached hydrogen (secondary N) is 1. The maximum Gasteiger partial charge on any atom is 0.217 e. The number of hydrogen-bond acceptors (Lipinski definition) is 15. The molecule has 2 unspecified atom stereocenters. The Balaban J connectivity index is 1.00. The lowest BCUT2D eigenvalue weighted by atomic mass is 9.93. The van der Waals surface area contributed by atoms with Crippen molar-refractivity contribution in [1.82, 2.24) is 5.32 Å². The van der Waals surface area contributed by atoms with Gasteiger partial charge in [-0.15, -0.1) is 6.58 Å². The first kappa shape index (κ1) is 57.0. The van der Waals surface area contributed by atoms with Crippen molar-refractivity contribution in [2.75, 3.05) is 19.8 Å². The van der Waals surface area contributed by atoms with Gasteiger partial charge < -0.3 is 72.0 Å². The van der Waals surface area contributed by atoms with Crippen molar-refractivity contribution < 1.29 is 71.5 Å². The zero-order chi connectivity index (χ0) is 54.3. The summed E-state index contributed by atoms with van der Waals surface area (Å²) in [5, 5.41) is 16.1. The van der Waals surface area contributed by atoms with Crippen LogP contribution in [0.25, 0.3) is 0 Å². The largest absolute Gasteiger partial charge is 0.387 e. The van der Waals surface area contributed by atoms with Crippen molar-refractivity contribution in [3.63, 3.8) is 0 Å². The van der Waals surface area contributed by atoms with Gasteiger partial charge in [-0.25, -0.2) is 0 Å². The molecule has 16 nitrogen and oxygen atoms in total. The number of ether oxygens (including phenoxy) is 13. The Hall–Kier alpha value is -5.25. The summed E-state index contributed by atoms with van der Waals surface area (Å²) >= 11 is 0. The van der Waals surface area contributed by atoms with Gasteiger partial charge in [0.1, 0.15) is 67.1 Å². The second kappa shape index (κ2) is 28.4. The minimum Gasteiger partial charge on any atom is -0.387 e. The fraction of sp³-hybridized carbons (Fsp3) is 0.476. The van der Waals surface area contributed by atoms with Crippen LogP contribution >= 0.6 is 0 Å². The third kappa shape index (κ3) is 14.8. The third-order valence-corrected chi connectivity index (χ3v) is 14.9. The van der Waals surface area contributed by atoms with Gasteiger partial charge in [-0.1, -0.05) is 171 Å². The highest BCUT2D eigenvalue weighted by atomic mass is 16.8. The smallest absolute Gasteiger partial charge is 0.217 e. The van der Waals surface area contributed by atoms with Gasteiger partial charge in [0.05, 0.1) is 39.1 Å². The van der Waals surface area contributed by atoms with E-state index in [1.54, 1.807) is 0 Å². The number of rotatable bonds is 24. The standard InChI is InChI=1S/C63H75NO15/c1-4-5-6-7-8-24-35-67-61-50(64-42(3)65)55(54-49(74-61)40-72-60(77-54)47-33-22-13-23-34-47)78-62-56(51(66)53-48(75-62)39-71-59(76-53)46-31-20-12-21-32-46)79-63-58(70-38-45-29-18-11-19-30-45)57(69-37-44-27-16-10-17-28-44)52(41(2)73-63)68-36-43-25-14-9-15-26-43/h4,9-23,25-34,41,48-63,66H,1,5-8,24,35-40H2,2-3H3,(H,64,65)/t41-,48+,49+,50+,51-,52+,53-,54-,55+,56+,57+,58-,59?,60?,61-,62-,63-/m0/s1. The molecule has 0 saturated carbocycles. The summed E-state index contributed by atoms with van der Waals surface area (Å²) in [4.78, 5) is 13.4. The molecule has 5 aromatic carbocycles. The third-order valence-electron chi connectivity index (χ3n) is 14.9. The molecule has 5 aromatic rings. The predicted molar refractivity (Wildman–Crippen MR) is 289 cm³/mol. The van der Waals surface area contributed by atoms with E-state index in [9.17, 15) is 9.90 Å². The van der Waals surface area contributed by atoms with Gasteiger partial charge >= 0.3 is 0 Å². The summed E-state index contributed by atoms with van der Waals surface area (Å²) in [6.07, 6.45) is -8.81. The van der Waals surface area contributed by atoms with Gasteiger partial charge in [0.15, 0.2) is 31.5 Å². The summed E-state index contributed by atoms with van der Waals surface area (Å²) < 4.78 is 88.3. The normalized spacial score (nSPS) is 32.5. The van der Waals surface area contributed by atoms with Gasteiger partial charge in [0.2, 0.25) is 5.91 Å². The Morgan fingerprint density at radius 1 is 0.544 bits per heavy atom. The molecular formula is C63H75NO15. The topological polar surface area (TPSA) is 169 Å². The van der Waals surface area contributed by atoms with E-state index in [0.717, 1.165) is 59.9 Å². The Labute approximate surface area is 463 Å². The number of aliphatic hydroxyl groups is 1. The number of benzene rings is 5. The van der Waals surface area contributed by atoms with Crippen molar-refractivity contribution in [1.29, 1.82) is 0 Å². The Morgan fingerprint density at radius 3 is 1.57 bits per heavy atom. The van der Waals surface area contributed by atoms with Crippen molar-refractivity contribution in [2.24, 2.45) is 0 Å². The van der Waals surface area contributed by atoms with Crippen molar-refractivity contribution in [3.8, 4) is 0 Å². The van der Waals surface area contributed by atoms with E-state index >= 15 is 0 Å². The number of aliphatic hydroxyl groups excluding tert-OH is 1. The molecule has 5 heterocycles. The van der Waals surface area contributed by atoms with E-state index in [1.165, 1.54) is 6.92 Å². The number of carbonyl (C=O) groups excluding carboxylic acids is 1. The summed E-state index contributed by atoms with van der Waals surface area (Å²) in [5.41, 5.74) is 4.37. The Kier molecular flexibility index (Phi) is 20.5. The van der Waals surface area contributed by atoms with E-state index in [1.807, 2.05) is 165 Å². The predicted octanol–water partition coefficient (Wildman–Crippen LogP) is 8.95.